The Hall–Kier alpha value is -2.60. The first kappa shape index (κ1) is 17.2. The van der Waals surface area contributed by atoms with Crippen LogP contribution >= 0.6 is 11.8 Å². The molecule has 0 radical (unpaired) electrons. The highest BCUT2D eigenvalue weighted by Gasteiger charge is 2.22. The third kappa shape index (κ3) is 3.74. The van der Waals surface area contributed by atoms with Crippen molar-refractivity contribution in [1.29, 1.82) is 0 Å². The van der Waals surface area contributed by atoms with Gasteiger partial charge in [0.25, 0.3) is 0 Å². The Bertz CT molecular complexity index is 860. The summed E-state index contributed by atoms with van der Waals surface area (Å²) in [6.45, 7) is 3.84. The van der Waals surface area contributed by atoms with Crippen LogP contribution in [-0.4, -0.2) is 33.1 Å². The molecule has 1 heterocycles. The standard InChI is InChI=1S/C19H19N3O2S/c1-13-9-11-16(12-10-13)22-17(15-7-5-4-6-8-15)20-21-19(22)25-14(2)18(23)24-3/h4-12,14H,1-3H3/t14-/m1/s1. The van der Waals surface area contributed by atoms with E-state index >= 15 is 0 Å². The number of carbonyl (C=O) groups excluding carboxylic acids is 1. The lowest BCUT2D eigenvalue weighted by Gasteiger charge is -2.12. The first-order chi connectivity index (χ1) is 12.1. The monoisotopic (exact) mass is 353 g/mol. The zero-order valence-corrected chi connectivity index (χ0v) is 15.2. The molecule has 2 aromatic carbocycles. The van der Waals surface area contributed by atoms with Crippen LogP contribution in [0.2, 0.25) is 0 Å². The van der Waals surface area contributed by atoms with Gasteiger partial charge in [0.1, 0.15) is 5.25 Å². The van der Waals surface area contributed by atoms with Gasteiger partial charge < -0.3 is 4.74 Å². The SMILES string of the molecule is COC(=O)[C@@H](C)Sc1nnc(-c2ccccc2)n1-c1ccc(C)cc1. The highest BCUT2D eigenvalue weighted by molar-refractivity contribution is 8.00. The highest BCUT2D eigenvalue weighted by atomic mass is 32.2. The number of rotatable bonds is 5. The van der Waals surface area contributed by atoms with Gasteiger partial charge in [-0.25, -0.2) is 0 Å². The van der Waals surface area contributed by atoms with Gasteiger partial charge in [0.2, 0.25) is 0 Å². The van der Waals surface area contributed by atoms with E-state index in [9.17, 15) is 4.79 Å². The molecule has 0 saturated heterocycles. The van der Waals surface area contributed by atoms with Crippen LogP contribution in [-0.2, 0) is 9.53 Å². The number of methoxy groups -OCH3 is 1. The summed E-state index contributed by atoms with van der Waals surface area (Å²) in [4.78, 5) is 11.8. The first-order valence-electron chi connectivity index (χ1n) is 7.92. The van der Waals surface area contributed by atoms with Crippen molar-refractivity contribution < 1.29 is 9.53 Å². The van der Waals surface area contributed by atoms with E-state index in [-0.39, 0.29) is 11.2 Å². The molecular weight excluding hydrogens is 334 g/mol. The van der Waals surface area contributed by atoms with E-state index in [4.69, 9.17) is 4.74 Å². The molecule has 0 fully saturated rings. The number of benzene rings is 2. The van der Waals surface area contributed by atoms with Gasteiger partial charge in [-0.1, -0.05) is 59.8 Å². The topological polar surface area (TPSA) is 57.0 Å². The predicted molar refractivity (Wildman–Crippen MR) is 98.9 cm³/mol. The van der Waals surface area contributed by atoms with Gasteiger partial charge in [0.15, 0.2) is 11.0 Å². The number of aromatic nitrogens is 3. The van der Waals surface area contributed by atoms with Crippen LogP contribution < -0.4 is 0 Å². The fourth-order valence-electron chi connectivity index (χ4n) is 2.42. The molecule has 0 aliphatic rings. The number of hydrogen-bond donors (Lipinski definition) is 0. The molecule has 0 N–H and O–H groups in total. The van der Waals surface area contributed by atoms with Gasteiger partial charge in [-0.2, -0.15) is 0 Å². The van der Waals surface area contributed by atoms with Gasteiger partial charge in [-0.05, 0) is 26.0 Å². The number of carbonyl (C=O) groups is 1. The van der Waals surface area contributed by atoms with E-state index in [0.717, 1.165) is 17.1 Å². The van der Waals surface area contributed by atoms with Crippen molar-refractivity contribution in [2.24, 2.45) is 0 Å². The van der Waals surface area contributed by atoms with E-state index in [1.807, 2.05) is 66.1 Å². The molecule has 3 rings (SSSR count). The second-order valence-corrected chi connectivity index (χ2v) is 6.93. The largest absolute Gasteiger partial charge is 0.468 e. The summed E-state index contributed by atoms with van der Waals surface area (Å²) in [5.74, 6) is 0.453. The summed E-state index contributed by atoms with van der Waals surface area (Å²) >= 11 is 1.33. The lowest BCUT2D eigenvalue weighted by atomic mass is 10.2. The molecule has 0 saturated carbocycles. The van der Waals surface area contributed by atoms with Crippen LogP contribution in [0, 0.1) is 6.92 Å². The molecule has 1 aromatic heterocycles. The average molecular weight is 353 g/mol. The number of aryl methyl sites for hydroxylation is 1. The number of esters is 1. The zero-order chi connectivity index (χ0) is 17.8. The number of hydrogen-bond acceptors (Lipinski definition) is 5. The zero-order valence-electron chi connectivity index (χ0n) is 14.3. The van der Waals surface area contributed by atoms with Gasteiger partial charge in [-0.15, -0.1) is 10.2 Å². The summed E-state index contributed by atoms with van der Waals surface area (Å²) in [5.41, 5.74) is 3.09. The molecule has 25 heavy (non-hydrogen) atoms. The van der Waals surface area contributed by atoms with E-state index in [1.165, 1.54) is 24.4 Å². The molecule has 6 heteroatoms. The Kier molecular flexibility index (Phi) is 5.19. The second-order valence-electron chi connectivity index (χ2n) is 5.63. The Labute approximate surface area is 151 Å². The molecule has 0 unspecified atom stereocenters. The normalized spacial score (nSPS) is 12.0. The number of ether oxygens (including phenoxy) is 1. The summed E-state index contributed by atoms with van der Waals surface area (Å²) in [7, 11) is 1.39. The fourth-order valence-corrected chi connectivity index (χ4v) is 3.31. The van der Waals surface area contributed by atoms with Crippen molar-refractivity contribution in [2.45, 2.75) is 24.3 Å². The van der Waals surface area contributed by atoms with E-state index in [0.29, 0.717) is 5.16 Å². The maximum absolute atomic E-state index is 11.8. The smallest absolute Gasteiger partial charge is 0.318 e. The minimum Gasteiger partial charge on any atom is -0.468 e. The van der Waals surface area contributed by atoms with Crippen molar-refractivity contribution in [3.8, 4) is 17.1 Å². The van der Waals surface area contributed by atoms with Crippen LogP contribution in [0.5, 0.6) is 0 Å². The molecule has 1 atom stereocenters. The Morgan fingerprint density at radius 1 is 1.08 bits per heavy atom. The summed E-state index contributed by atoms with van der Waals surface area (Å²) in [5, 5.41) is 8.96. The van der Waals surface area contributed by atoms with E-state index < -0.39 is 0 Å². The lowest BCUT2D eigenvalue weighted by Crippen LogP contribution is -2.15. The maximum Gasteiger partial charge on any atom is 0.318 e. The van der Waals surface area contributed by atoms with Crippen molar-refractivity contribution >= 4 is 17.7 Å². The van der Waals surface area contributed by atoms with Crippen LogP contribution in [0.25, 0.3) is 17.1 Å². The predicted octanol–water partition coefficient (Wildman–Crippen LogP) is 3.90. The highest BCUT2D eigenvalue weighted by Crippen LogP contribution is 2.30. The molecule has 0 bridgehead atoms. The second kappa shape index (κ2) is 7.53. The fraction of sp³-hybridized carbons (Fsp3) is 0.211. The summed E-state index contributed by atoms with van der Waals surface area (Å²) in [6, 6.07) is 18.0. The van der Waals surface area contributed by atoms with Gasteiger partial charge in [0, 0.05) is 11.3 Å². The molecule has 0 aliphatic carbocycles. The van der Waals surface area contributed by atoms with Crippen molar-refractivity contribution in [3.05, 3.63) is 60.2 Å². The van der Waals surface area contributed by atoms with Crippen LogP contribution in [0.3, 0.4) is 0 Å². The minimum absolute atomic E-state index is 0.287. The number of nitrogens with zero attached hydrogens (tertiary/aromatic N) is 3. The van der Waals surface area contributed by atoms with E-state index in [2.05, 4.69) is 10.2 Å². The Balaban J connectivity index is 2.08. The average Bonchev–Trinajstić information content (AvgIpc) is 3.06. The molecule has 3 aromatic rings. The summed E-state index contributed by atoms with van der Waals surface area (Å²) in [6.07, 6.45) is 0. The van der Waals surface area contributed by atoms with Gasteiger partial charge in [0.05, 0.1) is 7.11 Å². The third-order valence-corrected chi connectivity index (χ3v) is 4.79. The van der Waals surface area contributed by atoms with Gasteiger partial charge >= 0.3 is 5.97 Å². The quantitative estimate of drug-likeness (QED) is 0.514. The number of thioether (sulfide) groups is 1. The molecule has 0 spiro atoms. The van der Waals surface area contributed by atoms with Gasteiger partial charge in [-0.3, -0.25) is 9.36 Å². The lowest BCUT2D eigenvalue weighted by molar-refractivity contribution is -0.139. The van der Waals surface area contributed by atoms with Crippen molar-refractivity contribution in [1.82, 2.24) is 14.8 Å². The molecule has 128 valence electrons. The van der Waals surface area contributed by atoms with Crippen molar-refractivity contribution in [3.63, 3.8) is 0 Å². The molecule has 0 amide bonds. The maximum atomic E-state index is 11.8. The van der Waals surface area contributed by atoms with Crippen LogP contribution in [0.1, 0.15) is 12.5 Å². The molecular formula is C19H19N3O2S. The summed E-state index contributed by atoms with van der Waals surface area (Å²) < 4.78 is 6.79. The molecule has 0 aliphatic heterocycles. The van der Waals surface area contributed by atoms with Crippen LogP contribution in [0.4, 0.5) is 0 Å². The Morgan fingerprint density at radius 3 is 2.40 bits per heavy atom. The van der Waals surface area contributed by atoms with Crippen LogP contribution in [0.15, 0.2) is 59.8 Å². The first-order valence-corrected chi connectivity index (χ1v) is 8.80. The van der Waals surface area contributed by atoms with E-state index in [1.54, 1.807) is 6.92 Å². The minimum atomic E-state index is -0.373. The Morgan fingerprint density at radius 2 is 1.76 bits per heavy atom. The van der Waals surface area contributed by atoms with Crippen molar-refractivity contribution in [2.75, 3.05) is 7.11 Å². The third-order valence-electron chi connectivity index (χ3n) is 3.77. The molecule has 5 nitrogen and oxygen atoms in total.